The number of fused-ring (bicyclic) bond motifs is 2. The summed E-state index contributed by atoms with van der Waals surface area (Å²) >= 11 is 0. The lowest BCUT2D eigenvalue weighted by Gasteiger charge is -2.38. The number of aliphatic hydroxyl groups is 1. The first kappa shape index (κ1) is 29.5. The van der Waals surface area contributed by atoms with Crippen molar-refractivity contribution in [1.29, 1.82) is 0 Å². The molecule has 3 aromatic carbocycles. The number of ether oxygens (including phenoxy) is 3. The van der Waals surface area contributed by atoms with Gasteiger partial charge >= 0.3 is 12.1 Å². The Bertz CT molecular complexity index is 1480. The van der Waals surface area contributed by atoms with Gasteiger partial charge < -0.3 is 45.1 Å². The van der Waals surface area contributed by atoms with Crippen LogP contribution < -0.4 is 30.2 Å². The van der Waals surface area contributed by atoms with Crippen LogP contribution in [0.2, 0.25) is 0 Å². The van der Waals surface area contributed by atoms with Gasteiger partial charge in [0.1, 0.15) is 11.9 Å². The largest absolute Gasteiger partial charge is 0.487 e. The van der Waals surface area contributed by atoms with Crippen molar-refractivity contribution in [1.82, 2.24) is 9.80 Å². The number of para-hydroxylation sites is 1. The van der Waals surface area contributed by atoms with E-state index in [0.29, 0.717) is 40.9 Å². The molecule has 4 N–H and O–H groups in total. The molecule has 0 radical (unpaired) electrons. The van der Waals surface area contributed by atoms with E-state index in [1.165, 1.54) is 4.90 Å². The second-order valence-electron chi connectivity index (χ2n) is 10.7. The average Bonchev–Trinajstić information content (AvgIpc) is 3.47. The lowest BCUT2D eigenvalue weighted by molar-refractivity contribution is 0.0371. The Morgan fingerprint density at radius 1 is 0.953 bits per heavy atom. The normalized spacial score (nSPS) is 18.0. The van der Waals surface area contributed by atoms with Crippen molar-refractivity contribution in [2.75, 3.05) is 49.5 Å². The highest BCUT2D eigenvalue weighted by molar-refractivity contribution is 6.02. The number of aliphatic hydroxyl groups excluding tert-OH is 1. The van der Waals surface area contributed by atoms with Gasteiger partial charge in [-0.25, -0.2) is 9.59 Å². The summed E-state index contributed by atoms with van der Waals surface area (Å²) in [6, 6.07) is 17.7. The van der Waals surface area contributed by atoms with Crippen LogP contribution in [-0.2, 0) is 0 Å². The Morgan fingerprint density at radius 2 is 1.63 bits per heavy atom. The van der Waals surface area contributed by atoms with Crippen molar-refractivity contribution in [3.63, 3.8) is 0 Å². The van der Waals surface area contributed by atoms with Gasteiger partial charge in [0.15, 0.2) is 11.5 Å². The number of benzene rings is 3. The van der Waals surface area contributed by atoms with E-state index in [-0.39, 0.29) is 43.4 Å². The first-order valence-electron chi connectivity index (χ1n) is 14.0. The van der Waals surface area contributed by atoms with Crippen LogP contribution in [-0.4, -0.2) is 78.6 Å². The first-order chi connectivity index (χ1) is 20.7. The summed E-state index contributed by atoms with van der Waals surface area (Å²) in [6.45, 7) is 4.14. The minimum absolute atomic E-state index is 0.124. The third-order valence-electron chi connectivity index (χ3n) is 7.38. The lowest BCUT2D eigenvalue weighted by Crippen LogP contribution is -2.50. The third-order valence-corrected chi connectivity index (χ3v) is 7.38. The molecular weight excluding hydrogens is 554 g/mol. The number of hydrogen-bond donors (Lipinski definition) is 4. The van der Waals surface area contributed by atoms with Crippen LogP contribution in [0.1, 0.15) is 24.2 Å². The van der Waals surface area contributed by atoms with Crippen molar-refractivity contribution in [3.05, 3.63) is 72.3 Å². The van der Waals surface area contributed by atoms with E-state index in [1.807, 2.05) is 25.1 Å². The van der Waals surface area contributed by atoms with Crippen LogP contribution >= 0.6 is 0 Å². The second kappa shape index (κ2) is 12.9. The van der Waals surface area contributed by atoms with Gasteiger partial charge in [0.2, 0.25) is 6.79 Å². The number of amides is 5. The molecule has 0 spiro atoms. The standard InChI is InChI=1S/C31H35N5O7/c1-19-15-36(20(2)17-37)29(38)24-13-22(32-30(39)33-23-10-12-26-27(14-23)42-18-41-26)9-11-25(24)43-28(19)16-35(3)31(40)34-21-7-5-4-6-8-21/h4-14,19-20,28,37H,15-18H2,1-3H3,(H,34,40)(H2,32,33,39)/t19-,20+,28-/m0/s1. The van der Waals surface area contributed by atoms with Crippen LogP contribution in [0.15, 0.2) is 66.7 Å². The Morgan fingerprint density at radius 3 is 2.35 bits per heavy atom. The Labute approximate surface area is 249 Å². The topological polar surface area (TPSA) is 142 Å². The number of carbonyl (C=O) groups is 3. The molecule has 12 nitrogen and oxygen atoms in total. The van der Waals surface area contributed by atoms with Crippen LogP contribution in [0.5, 0.6) is 17.2 Å². The molecule has 0 unspecified atom stereocenters. The lowest BCUT2D eigenvalue weighted by atomic mass is 9.99. The Balaban J connectivity index is 1.34. The molecule has 5 rings (SSSR count). The summed E-state index contributed by atoms with van der Waals surface area (Å²) in [7, 11) is 1.68. The van der Waals surface area contributed by atoms with E-state index in [9.17, 15) is 19.5 Å². The first-order valence-corrected chi connectivity index (χ1v) is 14.0. The molecule has 0 fully saturated rings. The fraction of sp³-hybridized carbons (Fsp3) is 0.323. The van der Waals surface area contributed by atoms with Crippen molar-refractivity contribution < 1.29 is 33.7 Å². The molecule has 43 heavy (non-hydrogen) atoms. The highest BCUT2D eigenvalue weighted by Gasteiger charge is 2.34. The van der Waals surface area contributed by atoms with Crippen molar-refractivity contribution in [2.24, 2.45) is 5.92 Å². The van der Waals surface area contributed by atoms with Crippen LogP contribution in [0.3, 0.4) is 0 Å². The zero-order chi connectivity index (χ0) is 30.5. The van der Waals surface area contributed by atoms with Crippen LogP contribution in [0.25, 0.3) is 0 Å². The fourth-order valence-corrected chi connectivity index (χ4v) is 4.88. The second-order valence-corrected chi connectivity index (χ2v) is 10.7. The van der Waals surface area contributed by atoms with Crippen molar-refractivity contribution in [2.45, 2.75) is 26.0 Å². The van der Waals surface area contributed by atoms with Gasteiger partial charge in [-0.15, -0.1) is 0 Å². The van der Waals surface area contributed by atoms with E-state index in [4.69, 9.17) is 14.2 Å². The van der Waals surface area contributed by atoms with E-state index < -0.39 is 18.2 Å². The number of likely N-dealkylation sites (N-methyl/N-ethyl adjacent to an activating group) is 1. The van der Waals surface area contributed by atoms with Gasteiger partial charge in [0.05, 0.1) is 24.8 Å². The molecule has 12 heteroatoms. The molecular formula is C31H35N5O7. The smallest absolute Gasteiger partial charge is 0.323 e. The summed E-state index contributed by atoms with van der Waals surface area (Å²) in [5.41, 5.74) is 1.78. The summed E-state index contributed by atoms with van der Waals surface area (Å²) in [6.07, 6.45) is -0.472. The average molecular weight is 590 g/mol. The Kier molecular flexibility index (Phi) is 8.86. The van der Waals surface area contributed by atoms with Gasteiger partial charge in [0.25, 0.3) is 5.91 Å². The van der Waals surface area contributed by atoms with Crippen LogP contribution in [0, 0.1) is 5.92 Å². The van der Waals surface area contributed by atoms with E-state index in [2.05, 4.69) is 16.0 Å². The number of rotatable bonds is 7. The highest BCUT2D eigenvalue weighted by Crippen LogP contribution is 2.34. The molecule has 3 aromatic rings. The molecule has 0 aromatic heterocycles. The number of nitrogens with zero attached hydrogens (tertiary/aromatic N) is 2. The monoisotopic (exact) mass is 589 g/mol. The van der Waals surface area contributed by atoms with Gasteiger partial charge in [-0.05, 0) is 49.4 Å². The van der Waals surface area contributed by atoms with E-state index in [1.54, 1.807) is 67.4 Å². The molecule has 0 saturated carbocycles. The SMILES string of the molecule is C[C@H](CO)N1C[C@H](C)[C@H](CN(C)C(=O)Nc2ccccc2)Oc2ccc(NC(=O)Nc3ccc4c(c3)OCO4)cc2C1=O. The summed E-state index contributed by atoms with van der Waals surface area (Å²) in [4.78, 5) is 42.5. The molecule has 5 amide bonds. The summed E-state index contributed by atoms with van der Waals surface area (Å²) < 4.78 is 17.0. The molecule has 0 saturated heterocycles. The van der Waals surface area contributed by atoms with E-state index in [0.717, 1.165) is 0 Å². The van der Waals surface area contributed by atoms with Crippen molar-refractivity contribution >= 4 is 35.0 Å². The maximum atomic E-state index is 13.7. The summed E-state index contributed by atoms with van der Waals surface area (Å²) in [5.74, 6) is 0.936. The van der Waals surface area contributed by atoms with Gasteiger partial charge in [-0.2, -0.15) is 0 Å². The van der Waals surface area contributed by atoms with Gasteiger partial charge in [0, 0.05) is 42.6 Å². The number of anilines is 3. The quantitative estimate of drug-likeness (QED) is 0.319. The van der Waals surface area contributed by atoms with Gasteiger partial charge in [-0.3, -0.25) is 4.79 Å². The molecule has 2 aliphatic heterocycles. The van der Waals surface area contributed by atoms with Crippen molar-refractivity contribution in [3.8, 4) is 17.2 Å². The number of nitrogens with one attached hydrogen (secondary N) is 3. The molecule has 0 bridgehead atoms. The van der Waals surface area contributed by atoms with E-state index >= 15 is 0 Å². The number of urea groups is 2. The number of carbonyl (C=O) groups excluding carboxylic acids is 3. The predicted octanol–water partition coefficient (Wildman–Crippen LogP) is 4.44. The number of hydrogen-bond acceptors (Lipinski definition) is 7. The summed E-state index contributed by atoms with van der Waals surface area (Å²) in [5, 5.41) is 18.3. The maximum absolute atomic E-state index is 13.7. The zero-order valence-corrected chi connectivity index (χ0v) is 24.2. The molecule has 2 heterocycles. The minimum atomic E-state index is -0.517. The molecule has 3 atom stereocenters. The highest BCUT2D eigenvalue weighted by atomic mass is 16.7. The third kappa shape index (κ3) is 6.92. The molecule has 0 aliphatic carbocycles. The Hall–Kier alpha value is -4.97. The predicted molar refractivity (Wildman–Crippen MR) is 161 cm³/mol. The molecule has 2 aliphatic rings. The maximum Gasteiger partial charge on any atom is 0.323 e. The van der Waals surface area contributed by atoms with Gasteiger partial charge in [-0.1, -0.05) is 25.1 Å². The zero-order valence-electron chi connectivity index (χ0n) is 24.2. The fourth-order valence-electron chi connectivity index (χ4n) is 4.88. The minimum Gasteiger partial charge on any atom is -0.487 e. The van der Waals surface area contributed by atoms with Crippen LogP contribution in [0.4, 0.5) is 26.7 Å². The molecule has 226 valence electrons.